The van der Waals surface area contributed by atoms with Crippen LogP contribution in [-0.2, 0) is 9.53 Å². The highest BCUT2D eigenvalue weighted by Gasteiger charge is 2.36. The highest BCUT2D eigenvalue weighted by atomic mass is 16.6. The van der Waals surface area contributed by atoms with Crippen molar-refractivity contribution in [3.8, 4) is 23.7 Å². The Hall–Kier alpha value is -3.94. The van der Waals surface area contributed by atoms with Crippen molar-refractivity contribution in [3.05, 3.63) is 59.7 Å². The first-order chi connectivity index (χ1) is 13.1. The van der Waals surface area contributed by atoms with Crippen molar-refractivity contribution in [1.29, 1.82) is 0 Å². The number of amides is 2. The fourth-order valence-electron chi connectivity index (χ4n) is 2.38. The van der Waals surface area contributed by atoms with E-state index in [-0.39, 0.29) is 6.54 Å². The van der Waals surface area contributed by atoms with Gasteiger partial charge in [-0.1, -0.05) is 11.8 Å². The van der Waals surface area contributed by atoms with Crippen LogP contribution in [0.25, 0.3) is 0 Å². The number of nitrogen functional groups attached to an aromatic ring is 1. The third kappa shape index (κ3) is 4.37. The zero-order chi connectivity index (χ0) is 19.2. The van der Waals surface area contributed by atoms with Gasteiger partial charge in [0.05, 0.1) is 6.54 Å². The molecule has 0 unspecified atom stereocenters. The molecular formula is C20H15N3O4. The Morgan fingerprint density at radius 3 is 2.19 bits per heavy atom. The summed E-state index contributed by atoms with van der Waals surface area (Å²) in [4.78, 5) is 24.5. The van der Waals surface area contributed by atoms with Gasteiger partial charge < -0.3 is 10.5 Å². The third-order valence-electron chi connectivity index (χ3n) is 3.78. The Morgan fingerprint density at radius 1 is 1.07 bits per heavy atom. The summed E-state index contributed by atoms with van der Waals surface area (Å²) in [7, 11) is 0. The van der Waals surface area contributed by atoms with Crippen LogP contribution in [0.2, 0.25) is 0 Å². The largest absolute Gasteiger partial charge is 0.434 e. The Kier molecular flexibility index (Phi) is 5.27. The number of carbonyl (C=O) groups is 2. The smallest absolute Gasteiger partial charge is 0.415 e. The number of anilines is 2. The Morgan fingerprint density at radius 2 is 1.63 bits per heavy atom. The van der Waals surface area contributed by atoms with Gasteiger partial charge in [0.2, 0.25) is 6.10 Å². The number of nitrogens with zero attached hydrogens (tertiary/aromatic N) is 1. The van der Waals surface area contributed by atoms with Crippen LogP contribution in [-0.4, -0.2) is 29.9 Å². The summed E-state index contributed by atoms with van der Waals surface area (Å²) in [6.07, 6.45) is -1.71. The van der Waals surface area contributed by atoms with Crippen LogP contribution in [0.15, 0.2) is 48.5 Å². The number of hydrogen-bond donors (Lipinski definition) is 3. The summed E-state index contributed by atoms with van der Waals surface area (Å²) >= 11 is 0. The van der Waals surface area contributed by atoms with Gasteiger partial charge in [-0.25, -0.2) is 10.3 Å². The number of hydrogen-bond acceptors (Lipinski definition) is 5. The van der Waals surface area contributed by atoms with Crippen molar-refractivity contribution in [2.75, 3.05) is 17.2 Å². The van der Waals surface area contributed by atoms with E-state index in [2.05, 4.69) is 23.7 Å². The van der Waals surface area contributed by atoms with E-state index in [1.807, 2.05) is 12.1 Å². The van der Waals surface area contributed by atoms with Gasteiger partial charge in [-0.15, -0.1) is 0 Å². The molecule has 0 radical (unpaired) electrons. The first kappa shape index (κ1) is 17.9. The molecule has 2 aromatic rings. The van der Waals surface area contributed by atoms with Gasteiger partial charge in [0, 0.05) is 22.5 Å². The summed E-state index contributed by atoms with van der Waals surface area (Å²) in [6.45, 7) is 0.0172. The molecule has 134 valence electrons. The average Bonchev–Trinajstić information content (AvgIpc) is 3.08. The van der Waals surface area contributed by atoms with Crippen LogP contribution in [0.5, 0.6) is 0 Å². The van der Waals surface area contributed by atoms with E-state index in [4.69, 9.17) is 15.7 Å². The van der Waals surface area contributed by atoms with E-state index >= 15 is 0 Å². The molecule has 0 spiro atoms. The lowest BCUT2D eigenvalue weighted by molar-refractivity contribution is -0.136. The average molecular weight is 361 g/mol. The number of ether oxygens (including phenoxy) is 1. The molecule has 7 nitrogen and oxygen atoms in total. The lowest BCUT2D eigenvalue weighted by atomic mass is 10.2. The predicted octanol–water partition coefficient (Wildman–Crippen LogP) is 1.50. The number of rotatable bonds is 2. The molecule has 1 atom stereocenters. The summed E-state index contributed by atoms with van der Waals surface area (Å²) in [6, 6.07) is 14.0. The van der Waals surface area contributed by atoms with Gasteiger partial charge in [0.25, 0.3) is 5.91 Å². The Bertz CT molecular complexity index is 976. The van der Waals surface area contributed by atoms with Gasteiger partial charge in [0.1, 0.15) is 0 Å². The van der Waals surface area contributed by atoms with Crippen LogP contribution >= 0.6 is 0 Å². The number of cyclic esters (lactones) is 1. The molecule has 0 aromatic heterocycles. The van der Waals surface area contributed by atoms with Gasteiger partial charge in [-0.05, 0) is 60.4 Å². The maximum absolute atomic E-state index is 11.8. The van der Waals surface area contributed by atoms with Crippen molar-refractivity contribution in [2.45, 2.75) is 6.10 Å². The second-order valence-electron chi connectivity index (χ2n) is 5.63. The van der Waals surface area contributed by atoms with Crippen molar-refractivity contribution < 1.29 is 19.5 Å². The topological polar surface area (TPSA) is 105 Å². The minimum absolute atomic E-state index is 0.0172. The Balaban J connectivity index is 1.66. The maximum Gasteiger partial charge on any atom is 0.415 e. The highest BCUT2D eigenvalue weighted by Crippen LogP contribution is 2.22. The molecule has 2 aromatic carbocycles. The SMILES string of the molecule is Nc1ccc(C#CC#Cc2ccc(N3C[C@@H](C(=O)NO)OC3=O)cc2)cc1. The van der Waals surface area contributed by atoms with E-state index in [1.165, 1.54) is 10.4 Å². The molecule has 1 aliphatic rings. The van der Waals surface area contributed by atoms with Crippen molar-refractivity contribution >= 4 is 23.4 Å². The van der Waals surface area contributed by atoms with Crippen LogP contribution in [0, 0.1) is 23.7 Å². The summed E-state index contributed by atoms with van der Waals surface area (Å²) < 4.78 is 4.90. The highest BCUT2D eigenvalue weighted by molar-refractivity contribution is 5.95. The molecule has 1 heterocycles. The Labute approximate surface area is 155 Å². The standard InChI is InChI=1S/C20H15N3O4/c21-16-9-5-14(6-10-16)3-1-2-4-15-7-11-17(12-8-15)23-13-18(19(24)22-26)27-20(23)25/h5-12,18,26H,13,21H2,(H,22,24)/t18-/m0/s1. The third-order valence-corrected chi connectivity index (χ3v) is 3.78. The minimum Gasteiger partial charge on any atom is -0.434 e. The van der Waals surface area contributed by atoms with Gasteiger partial charge in [0.15, 0.2) is 0 Å². The van der Waals surface area contributed by atoms with Gasteiger partial charge in [-0.3, -0.25) is 14.9 Å². The predicted molar refractivity (Wildman–Crippen MR) is 98.6 cm³/mol. The quantitative estimate of drug-likeness (QED) is 0.325. The first-order valence-corrected chi connectivity index (χ1v) is 7.96. The van der Waals surface area contributed by atoms with E-state index in [0.29, 0.717) is 11.4 Å². The molecule has 1 saturated heterocycles. The molecule has 7 heteroatoms. The fraction of sp³-hybridized carbons (Fsp3) is 0.100. The van der Waals surface area contributed by atoms with Crippen LogP contribution in [0.4, 0.5) is 16.2 Å². The van der Waals surface area contributed by atoms with Gasteiger partial charge in [-0.2, -0.15) is 0 Å². The van der Waals surface area contributed by atoms with Crippen LogP contribution < -0.4 is 16.1 Å². The van der Waals surface area contributed by atoms with E-state index in [9.17, 15) is 9.59 Å². The number of nitrogens with two attached hydrogens (primary N) is 1. The van der Waals surface area contributed by atoms with Crippen molar-refractivity contribution in [1.82, 2.24) is 5.48 Å². The summed E-state index contributed by atoms with van der Waals surface area (Å²) in [5.41, 5.74) is 9.87. The second kappa shape index (κ2) is 7.96. The fourth-order valence-corrected chi connectivity index (χ4v) is 2.38. The van der Waals surface area contributed by atoms with E-state index < -0.39 is 18.1 Å². The van der Waals surface area contributed by atoms with Gasteiger partial charge >= 0.3 is 6.09 Å². The van der Waals surface area contributed by atoms with Crippen molar-refractivity contribution in [3.63, 3.8) is 0 Å². The lowest BCUT2D eigenvalue weighted by Gasteiger charge is -2.12. The molecule has 1 aliphatic heterocycles. The number of nitrogens with one attached hydrogen (secondary N) is 1. The normalized spacial score (nSPS) is 15.1. The zero-order valence-corrected chi connectivity index (χ0v) is 14.1. The van der Waals surface area contributed by atoms with Crippen LogP contribution in [0.1, 0.15) is 11.1 Å². The molecule has 4 N–H and O–H groups in total. The maximum atomic E-state index is 11.8. The number of hydroxylamine groups is 1. The summed E-state index contributed by atoms with van der Waals surface area (Å²) in [5.74, 6) is 10.6. The van der Waals surface area contributed by atoms with E-state index in [0.717, 1.165) is 11.1 Å². The monoisotopic (exact) mass is 361 g/mol. The molecule has 0 aliphatic carbocycles. The molecule has 0 bridgehead atoms. The van der Waals surface area contributed by atoms with Crippen molar-refractivity contribution in [2.24, 2.45) is 0 Å². The summed E-state index contributed by atoms with van der Waals surface area (Å²) in [5, 5.41) is 8.62. The molecule has 2 amide bonds. The van der Waals surface area contributed by atoms with E-state index in [1.54, 1.807) is 36.4 Å². The number of benzene rings is 2. The molecule has 27 heavy (non-hydrogen) atoms. The zero-order valence-electron chi connectivity index (χ0n) is 14.1. The lowest BCUT2D eigenvalue weighted by Crippen LogP contribution is -2.35. The van der Waals surface area contributed by atoms with Crippen LogP contribution in [0.3, 0.4) is 0 Å². The second-order valence-corrected chi connectivity index (χ2v) is 5.63. The minimum atomic E-state index is -1.05. The molecular weight excluding hydrogens is 346 g/mol. The molecule has 1 fully saturated rings. The number of carbonyl (C=O) groups excluding carboxylic acids is 2. The first-order valence-electron chi connectivity index (χ1n) is 7.96. The molecule has 0 saturated carbocycles. The molecule has 3 rings (SSSR count).